The summed E-state index contributed by atoms with van der Waals surface area (Å²) in [5.41, 5.74) is 6.99. The Hall–Kier alpha value is -1.13. The van der Waals surface area contributed by atoms with Gasteiger partial charge in [-0.15, -0.1) is 0 Å². The summed E-state index contributed by atoms with van der Waals surface area (Å²) in [5, 5.41) is 6.05. The zero-order valence-electron chi connectivity index (χ0n) is 11.1. The van der Waals surface area contributed by atoms with E-state index in [4.69, 9.17) is 5.73 Å². The SMILES string of the molecule is NCC1CCCCC1CNc1snc2ccccc12. The third-order valence-electron chi connectivity index (χ3n) is 4.28. The highest BCUT2D eigenvalue weighted by Crippen LogP contribution is 2.32. The van der Waals surface area contributed by atoms with E-state index in [1.807, 2.05) is 6.07 Å². The fraction of sp³-hybridized carbons (Fsp3) is 0.533. The average molecular weight is 275 g/mol. The van der Waals surface area contributed by atoms with Gasteiger partial charge in [-0.1, -0.05) is 25.0 Å². The molecule has 2 atom stereocenters. The molecular formula is C15H21N3S. The van der Waals surface area contributed by atoms with Crippen molar-refractivity contribution in [3.8, 4) is 0 Å². The number of anilines is 1. The lowest BCUT2D eigenvalue weighted by Crippen LogP contribution is -2.31. The van der Waals surface area contributed by atoms with Crippen LogP contribution in [0.3, 0.4) is 0 Å². The summed E-state index contributed by atoms with van der Waals surface area (Å²) < 4.78 is 4.48. The topological polar surface area (TPSA) is 50.9 Å². The maximum absolute atomic E-state index is 5.90. The summed E-state index contributed by atoms with van der Waals surface area (Å²) in [6, 6.07) is 8.32. The normalized spacial score (nSPS) is 23.6. The molecule has 1 aromatic heterocycles. The minimum absolute atomic E-state index is 0.695. The Morgan fingerprint density at radius 1 is 1.21 bits per heavy atom. The van der Waals surface area contributed by atoms with E-state index < -0.39 is 0 Å². The lowest BCUT2D eigenvalue weighted by atomic mass is 9.79. The zero-order valence-corrected chi connectivity index (χ0v) is 12.0. The van der Waals surface area contributed by atoms with Gasteiger partial charge in [-0.2, -0.15) is 4.37 Å². The molecule has 19 heavy (non-hydrogen) atoms. The van der Waals surface area contributed by atoms with Gasteiger partial charge in [-0.25, -0.2) is 0 Å². The molecule has 2 unspecified atom stereocenters. The summed E-state index contributed by atoms with van der Waals surface area (Å²) in [7, 11) is 0. The molecule has 1 aliphatic carbocycles. The van der Waals surface area contributed by atoms with E-state index in [9.17, 15) is 0 Å². The third kappa shape index (κ3) is 2.74. The van der Waals surface area contributed by atoms with Crippen LogP contribution >= 0.6 is 11.5 Å². The Morgan fingerprint density at radius 3 is 2.84 bits per heavy atom. The molecule has 0 amide bonds. The molecule has 0 aliphatic heterocycles. The van der Waals surface area contributed by atoms with Crippen LogP contribution in [-0.4, -0.2) is 17.5 Å². The van der Waals surface area contributed by atoms with E-state index in [0.717, 1.165) is 24.5 Å². The van der Waals surface area contributed by atoms with Gasteiger partial charge in [0.05, 0.1) is 5.52 Å². The van der Waals surface area contributed by atoms with Crippen molar-refractivity contribution in [3.63, 3.8) is 0 Å². The second-order valence-electron chi connectivity index (χ2n) is 5.45. The third-order valence-corrected chi connectivity index (χ3v) is 5.11. The Bertz CT molecular complexity index is 537. The monoisotopic (exact) mass is 275 g/mol. The first-order valence-corrected chi connectivity index (χ1v) is 7.94. The molecule has 3 nitrogen and oxygen atoms in total. The van der Waals surface area contributed by atoms with E-state index >= 15 is 0 Å². The van der Waals surface area contributed by atoms with Gasteiger partial charge in [0.15, 0.2) is 0 Å². The highest BCUT2D eigenvalue weighted by Gasteiger charge is 2.23. The Kier molecular flexibility index (Phi) is 3.99. The fourth-order valence-corrected chi connectivity index (χ4v) is 3.87. The first kappa shape index (κ1) is 12.9. The predicted molar refractivity (Wildman–Crippen MR) is 82.6 cm³/mol. The number of rotatable bonds is 4. The van der Waals surface area contributed by atoms with Crippen LogP contribution in [-0.2, 0) is 0 Å². The summed E-state index contributed by atoms with van der Waals surface area (Å²) in [6.45, 7) is 1.86. The number of nitrogens with two attached hydrogens (primary N) is 1. The first-order chi connectivity index (χ1) is 9.38. The smallest absolute Gasteiger partial charge is 0.117 e. The standard InChI is InChI=1S/C15H21N3S/c16-9-11-5-1-2-6-12(11)10-17-15-13-7-3-4-8-14(13)18-19-15/h3-4,7-8,11-12,17H,1-2,5-6,9-10,16H2. The molecule has 1 heterocycles. The van der Waals surface area contributed by atoms with Gasteiger partial charge in [0.2, 0.25) is 0 Å². The van der Waals surface area contributed by atoms with Gasteiger partial charge < -0.3 is 11.1 Å². The molecule has 0 bridgehead atoms. The van der Waals surface area contributed by atoms with E-state index in [-0.39, 0.29) is 0 Å². The minimum Gasteiger partial charge on any atom is -0.375 e. The van der Waals surface area contributed by atoms with Crippen molar-refractivity contribution in [2.45, 2.75) is 25.7 Å². The summed E-state index contributed by atoms with van der Waals surface area (Å²) in [4.78, 5) is 0. The number of nitrogens with one attached hydrogen (secondary N) is 1. The molecule has 1 aromatic carbocycles. The molecule has 1 saturated carbocycles. The molecule has 3 rings (SSSR count). The lowest BCUT2D eigenvalue weighted by molar-refractivity contribution is 0.255. The van der Waals surface area contributed by atoms with Crippen molar-refractivity contribution in [2.24, 2.45) is 17.6 Å². The van der Waals surface area contributed by atoms with Crippen LogP contribution in [0.2, 0.25) is 0 Å². The van der Waals surface area contributed by atoms with Crippen LogP contribution in [0.1, 0.15) is 25.7 Å². The first-order valence-electron chi connectivity index (χ1n) is 7.17. The zero-order chi connectivity index (χ0) is 13.1. The van der Waals surface area contributed by atoms with Gasteiger partial charge in [0.1, 0.15) is 5.00 Å². The molecule has 2 aromatic rings. The molecule has 102 valence electrons. The maximum Gasteiger partial charge on any atom is 0.117 e. The van der Waals surface area contributed by atoms with Crippen molar-refractivity contribution in [3.05, 3.63) is 24.3 Å². The van der Waals surface area contributed by atoms with Gasteiger partial charge >= 0.3 is 0 Å². The predicted octanol–water partition coefficient (Wildman–Crippen LogP) is 3.47. The summed E-state index contributed by atoms with van der Waals surface area (Å²) in [6.07, 6.45) is 5.31. The molecule has 0 radical (unpaired) electrons. The highest BCUT2D eigenvalue weighted by atomic mass is 32.1. The largest absolute Gasteiger partial charge is 0.375 e. The van der Waals surface area contributed by atoms with Crippen LogP contribution in [0.5, 0.6) is 0 Å². The summed E-state index contributed by atoms with van der Waals surface area (Å²) >= 11 is 1.57. The van der Waals surface area contributed by atoms with Crippen LogP contribution in [0, 0.1) is 11.8 Å². The van der Waals surface area contributed by atoms with Crippen molar-refractivity contribution in [2.75, 3.05) is 18.4 Å². The van der Waals surface area contributed by atoms with E-state index in [1.54, 1.807) is 11.5 Å². The molecule has 0 saturated heterocycles. The number of benzene rings is 1. The molecular weight excluding hydrogens is 254 g/mol. The van der Waals surface area contributed by atoms with Crippen molar-refractivity contribution in [1.29, 1.82) is 0 Å². The van der Waals surface area contributed by atoms with Crippen molar-refractivity contribution in [1.82, 2.24) is 4.37 Å². The molecule has 1 fully saturated rings. The number of hydrogen-bond acceptors (Lipinski definition) is 4. The Labute approximate surface area is 118 Å². The van der Waals surface area contributed by atoms with Crippen LogP contribution in [0.25, 0.3) is 10.9 Å². The van der Waals surface area contributed by atoms with Gasteiger partial charge in [0.25, 0.3) is 0 Å². The maximum atomic E-state index is 5.90. The number of nitrogens with zero attached hydrogens (tertiary/aromatic N) is 1. The Balaban J connectivity index is 1.68. The van der Waals surface area contributed by atoms with Gasteiger partial charge in [-0.3, -0.25) is 0 Å². The minimum atomic E-state index is 0.695. The lowest BCUT2D eigenvalue weighted by Gasteiger charge is -2.30. The molecule has 0 spiro atoms. The second-order valence-corrected chi connectivity index (χ2v) is 6.22. The van der Waals surface area contributed by atoms with Crippen LogP contribution < -0.4 is 11.1 Å². The quantitative estimate of drug-likeness (QED) is 0.898. The van der Waals surface area contributed by atoms with Crippen LogP contribution in [0.4, 0.5) is 5.00 Å². The van der Waals surface area contributed by atoms with Crippen LogP contribution in [0.15, 0.2) is 24.3 Å². The molecule has 1 aliphatic rings. The Morgan fingerprint density at radius 2 is 2.00 bits per heavy atom. The highest BCUT2D eigenvalue weighted by molar-refractivity contribution is 7.11. The van der Waals surface area contributed by atoms with E-state index in [1.165, 1.54) is 36.1 Å². The van der Waals surface area contributed by atoms with E-state index in [2.05, 4.69) is 27.9 Å². The number of fused-ring (bicyclic) bond motifs is 1. The summed E-state index contributed by atoms with van der Waals surface area (Å²) in [5.74, 6) is 1.42. The average Bonchev–Trinajstić information content (AvgIpc) is 2.89. The fourth-order valence-electron chi connectivity index (χ4n) is 3.10. The molecule has 4 heteroatoms. The van der Waals surface area contributed by atoms with Crippen molar-refractivity contribution >= 4 is 27.4 Å². The molecule has 3 N–H and O–H groups in total. The van der Waals surface area contributed by atoms with Gasteiger partial charge in [0, 0.05) is 11.9 Å². The van der Waals surface area contributed by atoms with Crippen molar-refractivity contribution < 1.29 is 0 Å². The number of hydrogen-bond donors (Lipinski definition) is 2. The second kappa shape index (κ2) is 5.88. The number of aromatic nitrogens is 1. The van der Waals surface area contributed by atoms with E-state index in [0.29, 0.717) is 5.92 Å². The van der Waals surface area contributed by atoms with Gasteiger partial charge in [-0.05, 0) is 54.9 Å².